The zero-order chi connectivity index (χ0) is 12.5. The molecule has 1 amide bonds. The van der Waals surface area contributed by atoms with E-state index in [1.54, 1.807) is 6.20 Å². The highest BCUT2D eigenvalue weighted by molar-refractivity contribution is 9.10. The van der Waals surface area contributed by atoms with Crippen molar-refractivity contribution in [2.45, 2.75) is 18.9 Å². The summed E-state index contributed by atoms with van der Waals surface area (Å²) in [6.45, 7) is 3.64. The minimum absolute atomic E-state index is 0.0397. The molecule has 1 aromatic rings. The molecule has 5 heteroatoms. The first-order valence-corrected chi connectivity index (χ1v) is 7.19. The maximum atomic E-state index is 12.3. The number of carbonyl (C=O) groups excluding carboxylic acids is 1. The minimum atomic E-state index is 0.0397. The van der Waals surface area contributed by atoms with Crippen LogP contribution in [0.1, 0.15) is 23.3 Å². The number of piperazine rings is 1. The van der Waals surface area contributed by atoms with Gasteiger partial charge in [-0.3, -0.25) is 9.69 Å². The van der Waals surface area contributed by atoms with Crippen LogP contribution in [0.3, 0.4) is 0 Å². The van der Waals surface area contributed by atoms with Crippen LogP contribution in [0.5, 0.6) is 0 Å². The molecule has 0 bridgehead atoms. The lowest BCUT2D eigenvalue weighted by molar-refractivity contribution is 0.0620. The number of aromatic nitrogens is 1. The lowest BCUT2D eigenvalue weighted by Crippen LogP contribution is -2.49. The van der Waals surface area contributed by atoms with Gasteiger partial charge < -0.3 is 4.90 Å². The van der Waals surface area contributed by atoms with Gasteiger partial charge in [0.05, 0.1) is 0 Å². The van der Waals surface area contributed by atoms with Crippen molar-refractivity contribution in [3.63, 3.8) is 0 Å². The van der Waals surface area contributed by atoms with Gasteiger partial charge in [-0.1, -0.05) is 0 Å². The lowest BCUT2D eigenvalue weighted by Gasteiger charge is -2.34. The number of rotatable bonds is 2. The van der Waals surface area contributed by atoms with Gasteiger partial charge in [0.2, 0.25) is 0 Å². The molecule has 18 heavy (non-hydrogen) atoms. The second-order valence-corrected chi connectivity index (χ2v) is 5.75. The van der Waals surface area contributed by atoms with Crippen LogP contribution >= 0.6 is 15.9 Å². The number of carbonyl (C=O) groups is 1. The van der Waals surface area contributed by atoms with Gasteiger partial charge in [-0.25, -0.2) is 4.98 Å². The van der Waals surface area contributed by atoms with Crippen LogP contribution in [0.25, 0.3) is 0 Å². The molecule has 2 aliphatic rings. The smallest absolute Gasteiger partial charge is 0.273 e. The van der Waals surface area contributed by atoms with E-state index in [1.807, 2.05) is 17.0 Å². The molecule has 3 rings (SSSR count). The van der Waals surface area contributed by atoms with Crippen molar-refractivity contribution in [1.29, 1.82) is 0 Å². The van der Waals surface area contributed by atoms with Crippen LogP contribution in [0.15, 0.2) is 22.8 Å². The third-order valence-electron chi connectivity index (χ3n) is 3.63. The minimum Gasteiger partial charge on any atom is -0.335 e. The first kappa shape index (κ1) is 12.1. The monoisotopic (exact) mass is 309 g/mol. The fraction of sp³-hybridized carbons (Fsp3) is 0.538. The first-order valence-electron chi connectivity index (χ1n) is 6.39. The van der Waals surface area contributed by atoms with Crippen LogP contribution in [0, 0.1) is 0 Å². The van der Waals surface area contributed by atoms with Crippen LogP contribution in [0.4, 0.5) is 0 Å². The molecule has 1 aromatic heterocycles. The van der Waals surface area contributed by atoms with Crippen molar-refractivity contribution in [3.8, 4) is 0 Å². The van der Waals surface area contributed by atoms with Gasteiger partial charge in [-0.15, -0.1) is 0 Å². The summed E-state index contributed by atoms with van der Waals surface area (Å²) in [5, 5.41) is 0. The average Bonchev–Trinajstić information content (AvgIpc) is 3.23. The summed E-state index contributed by atoms with van der Waals surface area (Å²) in [6.07, 6.45) is 4.33. The molecular formula is C13H16BrN3O. The topological polar surface area (TPSA) is 36.4 Å². The van der Waals surface area contributed by atoms with E-state index < -0.39 is 0 Å². The molecule has 2 heterocycles. The third-order valence-corrected chi connectivity index (χ3v) is 4.27. The molecule has 0 spiro atoms. The molecule has 0 atom stereocenters. The number of hydrogen-bond acceptors (Lipinski definition) is 3. The summed E-state index contributed by atoms with van der Waals surface area (Å²) >= 11 is 3.39. The summed E-state index contributed by atoms with van der Waals surface area (Å²) < 4.78 is 0.777. The first-order chi connectivity index (χ1) is 8.75. The van der Waals surface area contributed by atoms with Crippen LogP contribution < -0.4 is 0 Å². The van der Waals surface area contributed by atoms with Gasteiger partial charge in [0.1, 0.15) is 5.69 Å². The van der Waals surface area contributed by atoms with Gasteiger partial charge in [0, 0.05) is 42.9 Å². The molecule has 1 aliphatic heterocycles. The van der Waals surface area contributed by atoms with E-state index >= 15 is 0 Å². The molecule has 0 unspecified atom stereocenters. The second-order valence-electron chi connectivity index (χ2n) is 4.89. The summed E-state index contributed by atoms with van der Waals surface area (Å²) in [5.74, 6) is 0.0397. The molecule has 1 saturated heterocycles. The number of pyridine rings is 1. The molecule has 4 nitrogen and oxygen atoms in total. The van der Waals surface area contributed by atoms with Gasteiger partial charge in [-0.2, -0.15) is 0 Å². The normalized spacial score (nSPS) is 21.1. The quantitative estimate of drug-likeness (QED) is 0.835. The molecular weight excluding hydrogens is 294 g/mol. The van der Waals surface area contributed by atoms with Gasteiger partial charge in [0.15, 0.2) is 0 Å². The Balaban J connectivity index is 1.65. The fourth-order valence-corrected chi connectivity index (χ4v) is 2.85. The van der Waals surface area contributed by atoms with E-state index in [0.29, 0.717) is 5.69 Å². The Morgan fingerprint density at radius 2 is 2.00 bits per heavy atom. The predicted octanol–water partition coefficient (Wildman–Crippen LogP) is 1.76. The molecule has 2 fully saturated rings. The summed E-state index contributed by atoms with van der Waals surface area (Å²) in [6, 6.07) is 4.48. The Labute approximate surface area is 115 Å². The maximum absolute atomic E-state index is 12.3. The predicted molar refractivity (Wildman–Crippen MR) is 72.4 cm³/mol. The maximum Gasteiger partial charge on any atom is 0.273 e. The Morgan fingerprint density at radius 3 is 2.61 bits per heavy atom. The Morgan fingerprint density at radius 1 is 1.28 bits per heavy atom. The zero-order valence-electron chi connectivity index (χ0n) is 10.2. The van der Waals surface area contributed by atoms with Crippen molar-refractivity contribution >= 4 is 21.8 Å². The molecule has 1 saturated carbocycles. The number of halogens is 1. The van der Waals surface area contributed by atoms with E-state index in [4.69, 9.17) is 0 Å². The molecule has 0 radical (unpaired) electrons. The highest BCUT2D eigenvalue weighted by Gasteiger charge is 2.32. The van der Waals surface area contributed by atoms with E-state index in [0.717, 1.165) is 36.7 Å². The number of hydrogen-bond donors (Lipinski definition) is 0. The second kappa shape index (κ2) is 4.97. The molecule has 0 aromatic carbocycles. The SMILES string of the molecule is O=C(c1ncccc1Br)N1CCN(C2CC2)CC1. The number of amides is 1. The Hall–Kier alpha value is -0.940. The standard InChI is InChI=1S/C13H16BrN3O/c14-11-2-1-5-15-12(11)13(18)17-8-6-16(7-9-17)10-3-4-10/h1-2,5,10H,3-4,6-9H2. The largest absolute Gasteiger partial charge is 0.335 e. The van der Waals surface area contributed by atoms with E-state index in [9.17, 15) is 4.79 Å². The average molecular weight is 310 g/mol. The van der Waals surface area contributed by atoms with Crippen LogP contribution in [-0.2, 0) is 0 Å². The van der Waals surface area contributed by atoms with Crippen molar-refractivity contribution in [1.82, 2.24) is 14.8 Å². The van der Waals surface area contributed by atoms with Crippen molar-refractivity contribution in [3.05, 3.63) is 28.5 Å². The highest BCUT2D eigenvalue weighted by atomic mass is 79.9. The van der Waals surface area contributed by atoms with E-state index in [-0.39, 0.29) is 5.91 Å². The van der Waals surface area contributed by atoms with Gasteiger partial charge in [0.25, 0.3) is 5.91 Å². The van der Waals surface area contributed by atoms with Gasteiger partial charge in [-0.05, 0) is 40.9 Å². The Kier molecular flexibility index (Phi) is 3.35. The van der Waals surface area contributed by atoms with Crippen molar-refractivity contribution in [2.24, 2.45) is 0 Å². The summed E-state index contributed by atoms with van der Waals surface area (Å²) in [7, 11) is 0. The zero-order valence-corrected chi connectivity index (χ0v) is 11.8. The summed E-state index contributed by atoms with van der Waals surface area (Å²) in [4.78, 5) is 20.9. The highest BCUT2D eigenvalue weighted by Crippen LogP contribution is 2.27. The molecule has 1 aliphatic carbocycles. The third kappa shape index (κ3) is 2.42. The van der Waals surface area contributed by atoms with Gasteiger partial charge >= 0.3 is 0 Å². The van der Waals surface area contributed by atoms with Crippen molar-refractivity contribution in [2.75, 3.05) is 26.2 Å². The van der Waals surface area contributed by atoms with Crippen LogP contribution in [0.2, 0.25) is 0 Å². The van der Waals surface area contributed by atoms with Crippen LogP contribution in [-0.4, -0.2) is 52.9 Å². The lowest BCUT2D eigenvalue weighted by atomic mass is 10.2. The Bertz CT molecular complexity index is 453. The number of nitrogens with zero attached hydrogens (tertiary/aromatic N) is 3. The van der Waals surface area contributed by atoms with E-state index in [1.165, 1.54) is 12.8 Å². The van der Waals surface area contributed by atoms with Crippen molar-refractivity contribution < 1.29 is 4.79 Å². The van der Waals surface area contributed by atoms with E-state index in [2.05, 4.69) is 25.8 Å². The summed E-state index contributed by atoms with van der Waals surface area (Å²) in [5.41, 5.74) is 0.525. The molecule has 96 valence electrons. The fourth-order valence-electron chi connectivity index (χ4n) is 2.42. The molecule has 0 N–H and O–H groups in total.